The molecule has 0 amide bonds. The van der Waals surface area contributed by atoms with E-state index >= 15 is 0 Å². The van der Waals surface area contributed by atoms with Gasteiger partial charge in [-0.2, -0.15) is 0 Å². The molecule has 3 nitrogen and oxygen atoms in total. The van der Waals surface area contributed by atoms with Crippen LogP contribution in [0.2, 0.25) is 0 Å². The van der Waals surface area contributed by atoms with Gasteiger partial charge in [-0.25, -0.2) is 4.79 Å². The smallest absolute Gasteiger partial charge is 0.347 e. The van der Waals surface area contributed by atoms with E-state index in [2.05, 4.69) is 13.8 Å². The summed E-state index contributed by atoms with van der Waals surface area (Å²) >= 11 is 0. The third kappa shape index (κ3) is 2.60. The molecule has 0 radical (unpaired) electrons. The van der Waals surface area contributed by atoms with Crippen LogP contribution in [0.5, 0.6) is 0 Å². The fourth-order valence-corrected chi connectivity index (χ4v) is 2.39. The zero-order chi connectivity index (χ0) is 14.0. The Hall–Kier alpha value is -1.90. The van der Waals surface area contributed by atoms with Crippen LogP contribution in [0.25, 0.3) is 11.0 Å². The third-order valence-electron chi connectivity index (χ3n) is 3.60. The molecule has 0 atom stereocenters. The lowest BCUT2D eigenvalue weighted by molar-refractivity contribution is 0.101. The number of hydrogen-bond acceptors (Lipinski definition) is 3. The highest BCUT2D eigenvalue weighted by Crippen LogP contribution is 2.26. The Morgan fingerprint density at radius 2 is 1.89 bits per heavy atom. The van der Waals surface area contributed by atoms with Gasteiger partial charge in [0.1, 0.15) is 11.1 Å². The SMILES string of the molecule is CCC(CC)c1ccc2cc(C(C)=O)c(=O)oc2c1. The summed E-state index contributed by atoms with van der Waals surface area (Å²) in [6.07, 6.45) is 2.11. The summed E-state index contributed by atoms with van der Waals surface area (Å²) in [7, 11) is 0. The van der Waals surface area contributed by atoms with Crippen molar-refractivity contribution in [1.82, 2.24) is 0 Å². The Bertz CT molecular complexity index is 663. The minimum absolute atomic E-state index is 0.114. The summed E-state index contributed by atoms with van der Waals surface area (Å²) < 4.78 is 5.26. The van der Waals surface area contributed by atoms with Gasteiger partial charge in [-0.15, -0.1) is 0 Å². The van der Waals surface area contributed by atoms with Gasteiger partial charge in [-0.05, 0) is 43.4 Å². The standard InChI is InChI=1S/C16H18O3/c1-4-11(5-2)12-6-7-13-8-14(10(3)17)16(18)19-15(13)9-12/h6-9,11H,4-5H2,1-3H3. The largest absolute Gasteiger partial charge is 0.422 e. The number of Topliss-reactive ketones (excluding diaryl/α,β-unsaturated/α-hetero) is 1. The van der Waals surface area contributed by atoms with E-state index in [-0.39, 0.29) is 11.3 Å². The van der Waals surface area contributed by atoms with E-state index in [0.717, 1.165) is 18.2 Å². The number of carbonyl (C=O) groups is 1. The molecular weight excluding hydrogens is 240 g/mol. The number of carbonyl (C=O) groups excluding carboxylic acids is 1. The molecule has 1 aromatic heterocycles. The second-order valence-electron chi connectivity index (χ2n) is 4.81. The molecule has 0 spiro atoms. The molecule has 0 aliphatic rings. The highest BCUT2D eigenvalue weighted by atomic mass is 16.4. The van der Waals surface area contributed by atoms with Crippen LogP contribution in [-0.4, -0.2) is 5.78 Å². The first-order valence-corrected chi connectivity index (χ1v) is 6.65. The summed E-state index contributed by atoms with van der Waals surface area (Å²) in [5.41, 5.74) is 1.29. The van der Waals surface area contributed by atoms with Crippen LogP contribution in [0.3, 0.4) is 0 Å². The Morgan fingerprint density at radius 1 is 1.21 bits per heavy atom. The van der Waals surface area contributed by atoms with E-state index in [1.807, 2.05) is 18.2 Å². The van der Waals surface area contributed by atoms with Gasteiger partial charge >= 0.3 is 5.63 Å². The number of hydrogen-bond donors (Lipinski definition) is 0. The van der Waals surface area contributed by atoms with E-state index in [9.17, 15) is 9.59 Å². The minimum atomic E-state index is -0.554. The topological polar surface area (TPSA) is 47.3 Å². The summed E-state index contributed by atoms with van der Waals surface area (Å²) in [6.45, 7) is 5.66. The molecule has 1 heterocycles. The lowest BCUT2D eigenvalue weighted by atomic mass is 9.93. The molecule has 2 rings (SSSR count). The van der Waals surface area contributed by atoms with Crippen molar-refractivity contribution in [2.75, 3.05) is 0 Å². The van der Waals surface area contributed by atoms with Gasteiger partial charge in [-0.1, -0.05) is 26.0 Å². The molecule has 0 N–H and O–H groups in total. The molecule has 0 unspecified atom stereocenters. The summed E-state index contributed by atoms with van der Waals surface area (Å²) in [4.78, 5) is 23.0. The van der Waals surface area contributed by atoms with Crippen molar-refractivity contribution in [1.29, 1.82) is 0 Å². The van der Waals surface area contributed by atoms with Crippen molar-refractivity contribution in [2.24, 2.45) is 0 Å². The normalized spacial score (nSPS) is 11.2. The van der Waals surface area contributed by atoms with E-state index in [0.29, 0.717) is 11.5 Å². The second kappa shape index (κ2) is 5.39. The van der Waals surface area contributed by atoms with Crippen molar-refractivity contribution in [3.05, 3.63) is 45.8 Å². The zero-order valence-corrected chi connectivity index (χ0v) is 11.5. The summed E-state index contributed by atoms with van der Waals surface area (Å²) in [5, 5.41) is 0.791. The van der Waals surface area contributed by atoms with Gasteiger partial charge in [0, 0.05) is 5.39 Å². The van der Waals surface area contributed by atoms with E-state index in [1.165, 1.54) is 12.5 Å². The molecule has 100 valence electrons. The molecule has 0 saturated carbocycles. The van der Waals surface area contributed by atoms with Gasteiger partial charge < -0.3 is 4.42 Å². The lowest BCUT2D eigenvalue weighted by Crippen LogP contribution is -2.11. The Kier molecular flexibility index (Phi) is 3.84. The van der Waals surface area contributed by atoms with Gasteiger partial charge in [0.2, 0.25) is 0 Å². The fourth-order valence-electron chi connectivity index (χ4n) is 2.39. The first-order chi connectivity index (χ1) is 9.06. The molecule has 0 aliphatic heterocycles. The van der Waals surface area contributed by atoms with Gasteiger partial charge in [0.05, 0.1) is 0 Å². The second-order valence-corrected chi connectivity index (χ2v) is 4.81. The molecule has 3 heteroatoms. The molecule has 0 bridgehead atoms. The Balaban J connectivity index is 2.59. The van der Waals surface area contributed by atoms with Gasteiger partial charge in [-0.3, -0.25) is 4.79 Å². The molecule has 1 aromatic carbocycles. The van der Waals surface area contributed by atoms with Crippen LogP contribution in [0.15, 0.2) is 33.5 Å². The van der Waals surface area contributed by atoms with Gasteiger partial charge in [0.15, 0.2) is 5.78 Å². The summed E-state index contributed by atoms with van der Waals surface area (Å²) in [5.74, 6) is 0.210. The maximum atomic E-state index is 11.7. The quantitative estimate of drug-likeness (QED) is 0.617. The van der Waals surface area contributed by atoms with Crippen molar-refractivity contribution in [2.45, 2.75) is 39.5 Å². The monoisotopic (exact) mass is 258 g/mol. The van der Waals surface area contributed by atoms with Crippen LogP contribution >= 0.6 is 0 Å². The van der Waals surface area contributed by atoms with E-state index in [1.54, 1.807) is 6.07 Å². The maximum absolute atomic E-state index is 11.7. The van der Waals surface area contributed by atoms with Crippen molar-refractivity contribution in [3.8, 4) is 0 Å². The minimum Gasteiger partial charge on any atom is -0.422 e. The predicted molar refractivity (Wildman–Crippen MR) is 75.8 cm³/mol. The predicted octanol–water partition coefficient (Wildman–Crippen LogP) is 3.90. The lowest BCUT2D eigenvalue weighted by Gasteiger charge is -2.13. The third-order valence-corrected chi connectivity index (χ3v) is 3.60. The van der Waals surface area contributed by atoms with Crippen molar-refractivity contribution >= 4 is 16.8 Å². The average molecular weight is 258 g/mol. The van der Waals surface area contributed by atoms with E-state index < -0.39 is 5.63 Å². The van der Waals surface area contributed by atoms with Crippen LogP contribution in [0.4, 0.5) is 0 Å². The first kappa shape index (κ1) is 13.5. The molecule has 0 saturated heterocycles. The summed E-state index contributed by atoms with van der Waals surface area (Å²) in [6, 6.07) is 7.49. The Labute approximate surface area is 112 Å². The van der Waals surface area contributed by atoms with Crippen molar-refractivity contribution < 1.29 is 9.21 Å². The molecule has 2 aromatic rings. The number of fused-ring (bicyclic) bond motifs is 1. The van der Waals surface area contributed by atoms with Crippen LogP contribution in [0, 0.1) is 0 Å². The van der Waals surface area contributed by atoms with Crippen LogP contribution < -0.4 is 5.63 Å². The molecule has 0 aliphatic carbocycles. The van der Waals surface area contributed by atoms with Crippen molar-refractivity contribution in [3.63, 3.8) is 0 Å². The number of ketones is 1. The molecular formula is C16H18O3. The van der Waals surface area contributed by atoms with Crippen LogP contribution in [-0.2, 0) is 0 Å². The number of benzene rings is 1. The van der Waals surface area contributed by atoms with E-state index in [4.69, 9.17) is 4.42 Å². The van der Waals surface area contributed by atoms with Crippen LogP contribution in [0.1, 0.15) is 55.5 Å². The molecule has 19 heavy (non-hydrogen) atoms. The molecule has 0 fully saturated rings. The fraction of sp³-hybridized carbons (Fsp3) is 0.375. The zero-order valence-electron chi connectivity index (χ0n) is 11.5. The average Bonchev–Trinajstić information content (AvgIpc) is 2.38. The number of rotatable bonds is 4. The maximum Gasteiger partial charge on any atom is 0.347 e. The van der Waals surface area contributed by atoms with Gasteiger partial charge in [0.25, 0.3) is 0 Å². The highest BCUT2D eigenvalue weighted by Gasteiger charge is 2.12. The highest BCUT2D eigenvalue weighted by molar-refractivity contribution is 5.96. The Morgan fingerprint density at radius 3 is 2.47 bits per heavy atom. The first-order valence-electron chi connectivity index (χ1n) is 6.65.